The van der Waals surface area contributed by atoms with E-state index in [9.17, 15) is 4.39 Å². The smallest absolute Gasteiger partial charge is 0.250 e. The molecule has 1 aromatic heterocycles. The molecule has 0 spiro atoms. The Labute approximate surface area is 111 Å². The summed E-state index contributed by atoms with van der Waals surface area (Å²) in [6.07, 6.45) is 1.47. The fourth-order valence-electron chi connectivity index (χ4n) is 1.53. The highest BCUT2D eigenvalue weighted by Gasteiger charge is 2.09. The molecule has 100 valence electrons. The van der Waals surface area contributed by atoms with Gasteiger partial charge in [-0.15, -0.1) is 0 Å². The molecule has 2 N–H and O–H groups in total. The van der Waals surface area contributed by atoms with E-state index in [0.717, 1.165) is 5.75 Å². The van der Waals surface area contributed by atoms with Gasteiger partial charge in [0.2, 0.25) is 0 Å². The molecule has 0 bridgehead atoms. The summed E-state index contributed by atoms with van der Waals surface area (Å²) < 4.78 is 24.4. The number of pyridine rings is 1. The number of halogens is 1. The first-order valence-corrected chi connectivity index (χ1v) is 5.95. The van der Waals surface area contributed by atoms with Crippen molar-refractivity contribution < 1.29 is 13.9 Å². The van der Waals surface area contributed by atoms with Crippen molar-refractivity contribution in [3.8, 4) is 11.6 Å². The maximum atomic E-state index is 13.7. The number of para-hydroxylation sites is 1. The Balaban J connectivity index is 1.83. The Kier molecular flexibility index (Phi) is 4.69. The van der Waals surface area contributed by atoms with E-state index >= 15 is 0 Å². The van der Waals surface area contributed by atoms with Gasteiger partial charge in [-0.25, -0.2) is 9.37 Å². The summed E-state index contributed by atoms with van der Waals surface area (Å²) in [6, 6.07) is 10.9. The van der Waals surface area contributed by atoms with Crippen LogP contribution in [0, 0.1) is 5.82 Å². The fraction of sp³-hybridized carbons (Fsp3) is 0.214. The number of benzene rings is 1. The molecule has 0 amide bonds. The summed E-state index contributed by atoms with van der Waals surface area (Å²) in [5, 5.41) is 0. The lowest BCUT2D eigenvalue weighted by molar-refractivity contribution is 0.205. The van der Waals surface area contributed by atoms with Crippen molar-refractivity contribution in [1.82, 2.24) is 4.98 Å². The van der Waals surface area contributed by atoms with Gasteiger partial charge >= 0.3 is 0 Å². The van der Waals surface area contributed by atoms with Crippen molar-refractivity contribution in [1.29, 1.82) is 0 Å². The summed E-state index contributed by atoms with van der Waals surface area (Å²) >= 11 is 0. The van der Waals surface area contributed by atoms with Crippen LogP contribution < -0.4 is 15.2 Å². The van der Waals surface area contributed by atoms with E-state index < -0.39 is 5.82 Å². The number of aromatic nitrogens is 1. The van der Waals surface area contributed by atoms with Crippen molar-refractivity contribution in [2.24, 2.45) is 5.73 Å². The molecular formula is C14H15FN2O2. The average molecular weight is 262 g/mol. The Bertz CT molecular complexity index is 520. The van der Waals surface area contributed by atoms with E-state index in [1.807, 2.05) is 30.3 Å². The van der Waals surface area contributed by atoms with Crippen molar-refractivity contribution >= 4 is 0 Å². The molecular weight excluding hydrogens is 247 g/mol. The van der Waals surface area contributed by atoms with E-state index in [4.69, 9.17) is 15.2 Å². The third-order valence-corrected chi connectivity index (χ3v) is 2.49. The predicted octanol–water partition coefficient (Wildman–Crippen LogP) is 2.14. The second-order valence-corrected chi connectivity index (χ2v) is 3.80. The molecule has 0 saturated heterocycles. The van der Waals surface area contributed by atoms with Crippen LogP contribution in [-0.4, -0.2) is 18.2 Å². The van der Waals surface area contributed by atoms with Gasteiger partial charge in [0.05, 0.1) is 0 Å². The summed E-state index contributed by atoms with van der Waals surface area (Å²) in [5.41, 5.74) is 5.79. The summed E-state index contributed by atoms with van der Waals surface area (Å²) in [5.74, 6) is 0.194. The Hall–Kier alpha value is -2.14. The zero-order valence-corrected chi connectivity index (χ0v) is 10.4. The predicted molar refractivity (Wildman–Crippen MR) is 69.5 cm³/mol. The van der Waals surface area contributed by atoms with Crippen LogP contribution in [0.2, 0.25) is 0 Å². The Morgan fingerprint density at radius 2 is 1.79 bits per heavy atom. The van der Waals surface area contributed by atoms with E-state index in [2.05, 4.69) is 4.98 Å². The van der Waals surface area contributed by atoms with Gasteiger partial charge in [-0.1, -0.05) is 18.2 Å². The highest BCUT2D eigenvalue weighted by Crippen LogP contribution is 2.16. The summed E-state index contributed by atoms with van der Waals surface area (Å²) in [4.78, 5) is 3.82. The Morgan fingerprint density at radius 3 is 2.53 bits per heavy atom. The second kappa shape index (κ2) is 6.70. The van der Waals surface area contributed by atoms with Crippen LogP contribution in [0.5, 0.6) is 11.6 Å². The van der Waals surface area contributed by atoms with Gasteiger partial charge in [0.15, 0.2) is 5.82 Å². The number of nitrogens with zero attached hydrogens (tertiary/aromatic N) is 1. The minimum absolute atomic E-state index is 0.0420. The monoisotopic (exact) mass is 262 g/mol. The first kappa shape index (κ1) is 13.3. The topological polar surface area (TPSA) is 57.4 Å². The molecule has 0 aliphatic rings. The molecule has 2 aromatic rings. The number of ether oxygens (including phenoxy) is 2. The van der Waals surface area contributed by atoms with Gasteiger partial charge in [0, 0.05) is 18.3 Å². The van der Waals surface area contributed by atoms with Crippen molar-refractivity contribution in [3.63, 3.8) is 0 Å². The third-order valence-electron chi connectivity index (χ3n) is 2.49. The van der Waals surface area contributed by atoms with E-state index in [0.29, 0.717) is 12.2 Å². The molecule has 0 atom stereocenters. The lowest BCUT2D eigenvalue weighted by Crippen LogP contribution is -2.11. The molecule has 1 aromatic carbocycles. The van der Waals surface area contributed by atoms with Gasteiger partial charge in [0.25, 0.3) is 5.88 Å². The molecule has 19 heavy (non-hydrogen) atoms. The number of rotatable bonds is 6. The van der Waals surface area contributed by atoms with Gasteiger partial charge in [-0.3, -0.25) is 0 Å². The van der Waals surface area contributed by atoms with Crippen LogP contribution in [0.4, 0.5) is 4.39 Å². The van der Waals surface area contributed by atoms with Crippen LogP contribution in [0.15, 0.2) is 42.6 Å². The second-order valence-electron chi connectivity index (χ2n) is 3.80. The largest absolute Gasteiger partial charge is 0.490 e. The highest BCUT2D eigenvalue weighted by molar-refractivity contribution is 5.23. The van der Waals surface area contributed by atoms with E-state index in [1.165, 1.54) is 12.3 Å². The van der Waals surface area contributed by atoms with Gasteiger partial charge in [-0.05, 0) is 18.2 Å². The molecule has 4 nitrogen and oxygen atoms in total. The highest BCUT2D eigenvalue weighted by atomic mass is 19.1. The van der Waals surface area contributed by atoms with Crippen LogP contribution in [0.25, 0.3) is 0 Å². The molecule has 5 heteroatoms. The number of nitrogens with two attached hydrogens (primary N) is 1. The normalized spacial score (nSPS) is 10.2. The summed E-state index contributed by atoms with van der Waals surface area (Å²) in [6.45, 7) is 0.649. The van der Waals surface area contributed by atoms with Gasteiger partial charge < -0.3 is 15.2 Å². The molecule has 0 unspecified atom stereocenters. The van der Waals surface area contributed by atoms with Crippen LogP contribution >= 0.6 is 0 Å². The van der Waals surface area contributed by atoms with Crippen LogP contribution in [0.3, 0.4) is 0 Å². The zero-order valence-electron chi connectivity index (χ0n) is 10.4. The quantitative estimate of drug-likeness (QED) is 0.810. The van der Waals surface area contributed by atoms with Gasteiger partial charge in [0.1, 0.15) is 19.0 Å². The SMILES string of the molecule is NCc1ccnc(OCCOc2ccccc2)c1F. The molecule has 2 rings (SSSR count). The van der Waals surface area contributed by atoms with Crippen molar-refractivity contribution in [3.05, 3.63) is 54.0 Å². The molecule has 1 heterocycles. The van der Waals surface area contributed by atoms with Crippen LogP contribution in [0.1, 0.15) is 5.56 Å². The molecule has 0 saturated carbocycles. The van der Waals surface area contributed by atoms with Crippen molar-refractivity contribution in [2.45, 2.75) is 6.54 Å². The first-order valence-electron chi connectivity index (χ1n) is 5.95. The fourth-order valence-corrected chi connectivity index (χ4v) is 1.53. The molecule has 0 radical (unpaired) electrons. The van der Waals surface area contributed by atoms with Crippen LogP contribution in [-0.2, 0) is 6.54 Å². The summed E-state index contributed by atoms with van der Waals surface area (Å²) in [7, 11) is 0. The maximum absolute atomic E-state index is 13.7. The van der Waals surface area contributed by atoms with Crippen molar-refractivity contribution in [2.75, 3.05) is 13.2 Å². The maximum Gasteiger partial charge on any atom is 0.250 e. The minimum atomic E-state index is -0.510. The minimum Gasteiger partial charge on any atom is -0.490 e. The standard InChI is InChI=1S/C14H15FN2O2/c15-13-11(10-16)6-7-17-14(13)19-9-8-18-12-4-2-1-3-5-12/h1-7H,8-10,16H2. The van der Waals surface area contributed by atoms with E-state index in [-0.39, 0.29) is 19.0 Å². The molecule has 0 aliphatic carbocycles. The molecule has 0 aliphatic heterocycles. The lowest BCUT2D eigenvalue weighted by Gasteiger charge is -2.09. The average Bonchev–Trinajstić information content (AvgIpc) is 2.46. The Morgan fingerprint density at radius 1 is 1.05 bits per heavy atom. The third kappa shape index (κ3) is 3.66. The lowest BCUT2D eigenvalue weighted by atomic mass is 10.2. The number of hydrogen-bond donors (Lipinski definition) is 1. The van der Waals surface area contributed by atoms with E-state index in [1.54, 1.807) is 0 Å². The molecule has 0 fully saturated rings. The number of hydrogen-bond acceptors (Lipinski definition) is 4. The first-order chi connectivity index (χ1) is 9.31. The zero-order chi connectivity index (χ0) is 13.5. The van der Waals surface area contributed by atoms with Gasteiger partial charge in [-0.2, -0.15) is 0 Å².